The van der Waals surface area contributed by atoms with Crippen LogP contribution in [0, 0.1) is 5.82 Å². The number of benzene rings is 3. The van der Waals surface area contributed by atoms with Gasteiger partial charge in [-0.25, -0.2) is 9.18 Å². The van der Waals surface area contributed by atoms with Crippen LogP contribution in [0.15, 0.2) is 66.7 Å². The van der Waals surface area contributed by atoms with Gasteiger partial charge in [-0.2, -0.15) is 0 Å². The van der Waals surface area contributed by atoms with Crippen LogP contribution in [0.2, 0.25) is 18.1 Å². The third kappa shape index (κ3) is 9.23. The Kier molecular flexibility index (Phi) is 11.0. The SMILES string of the molecule is CN1CCC(OC(=O)Nc2ccc(CCC(=O)Nc3ccc(CO[Si](C)(C)C(C)(C)C)c(F)c3)cc2-c2ccccc2)CC1. The minimum absolute atomic E-state index is 0.0359. The molecule has 44 heavy (non-hydrogen) atoms. The number of nitrogens with one attached hydrogen (secondary N) is 2. The van der Waals surface area contributed by atoms with Crippen molar-refractivity contribution < 1.29 is 23.1 Å². The maximum absolute atomic E-state index is 14.8. The van der Waals surface area contributed by atoms with Crippen LogP contribution in [0.5, 0.6) is 0 Å². The molecule has 1 fully saturated rings. The minimum Gasteiger partial charge on any atom is -0.446 e. The van der Waals surface area contributed by atoms with Crippen LogP contribution >= 0.6 is 0 Å². The molecule has 1 saturated heterocycles. The zero-order valence-electron chi connectivity index (χ0n) is 26.8. The number of amides is 2. The first-order valence-electron chi connectivity index (χ1n) is 15.4. The molecule has 2 N–H and O–H groups in total. The second-order valence-electron chi connectivity index (χ2n) is 13.2. The summed E-state index contributed by atoms with van der Waals surface area (Å²) in [5, 5.41) is 5.78. The molecule has 0 aromatic heterocycles. The van der Waals surface area contributed by atoms with Gasteiger partial charge in [0.15, 0.2) is 8.32 Å². The molecular formula is C35H46FN3O4Si. The molecule has 236 valence electrons. The Balaban J connectivity index is 1.36. The smallest absolute Gasteiger partial charge is 0.411 e. The Hall–Kier alpha value is -3.53. The van der Waals surface area contributed by atoms with Crippen LogP contribution in [0.1, 0.15) is 51.2 Å². The number of hydrogen-bond donors (Lipinski definition) is 2. The number of aryl methyl sites for hydroxylation is 1. The first kappa shape index (κ1) is 33.4. The number of carbonyl (C=O) groups excluding carboxylic acids is 2. The second kappa shape index (κ2) is 14.5. The van der Waals surface area contributed by atoms with Gasteiger partial charge in [0.2, 0.25) is 5.91 Å². The number of anilines is 2. The van der Waals surface area contributed by atoms with Crippen molar-refractivity contribution in [2.75, 3.05) is 30.8 Å². The molecule has 2 amide bonds. The van der Waals surface area contributed by atoms with Gasteiger partial charge in [-0.3, -0.25) is 10.1 Å². The molecule has 3 aromatic carbocycles. The fourth-order valence-electron chi connectivity index (χ4n) is 4.80. The van der Waals surface area contributed by atoms with E-state index < -0.39 is 20.2 Å². The van der Waals surface area contributed by atoms with E-state index in [-0.39, 0.29) is 30.1 Å². The fraction of sp³-hybridized carbons (Fsp3) is 0.429. The van der Waals surface area contributed by atoms with Crippen LogP contribution in [-0.4, -0.2) is 51.5 Å². The summed E-state index contributed by atoms with van der Waals surface area (Å²) in [7, 11) is 0.0599. The lowest BCUT2D eigenvalue weighted by Crippen LogP contribution is -2.40. The van der Waals surface area contributed by atoms with E-state index in [2.05, 4.69) is 56.4 Å². The normalized spacial score (nSPS) is 14.7. The molecule has 4 rings (SSSR count). The van der Waals surface area contributed by atoms with Gasteiger partial charge in [-0.15, -0.1) is 0 Å². The van der Waals surface area contributed by atoms with E-state index in [4.69, 9.17) is 9.16 Å². The number of likely N-dealkylation sites (tertiary alicyclic amines) is 1. The molecule has 9 heteroatoms. The summed E-state index contributed by atoms with van der Waals surface area (Å²) in [5.74, 6) is -0.605. The molecule has 0 atom stereocenters. The zero-order chi connectivity index (χ0) is 31.9. The number of rotatable bonds is 10. The highest BCUT2D eigenvalue weighted by Crippen LogP contribution is 2.37. The van der Waals surface area contributed by atoms with E-state index in [1.54, 1.807) is 12.1 Å². The first-order chi connectivity index (χ1) is 20.8. The lowest BCUT2D eigenvalue weighted by atomic mass is 9.99. The number of carbonyl (C=O) groups is 2. The average molecular weight is 620 g/mol. The molecular weight excluding hydrogens is 573 g/mol. The number of ether oxygens (including phenoxy) is 1. The van der Waals surface area contributed by atoms with E-state index in [0.29, 0.717) is 23.4 Å². The average Bonchev–Trinajstić information content (AvgIpc) is 2.97. The maximum Gasteiger partial charge on any atom is 0.411 e. The third-order valence-electron chi connectivity index (χ3n) is 8.72. The number of piperidine rings is 1. The van der Waals surface area contributed by atoms with E-state index in [0.717, 1.165) is 42.6 Å². The molecule has 1 heterocycles. The molecule has 0 unspecified atom stereocenters. The molecule has 0 spiro atoms. The van der Waals surface area contributed by atoms with Crippen molar-refractivity contribution in [3.8, 4) is 11.1 Å². The van der Waals surface area contributed by atoms with Crippen molar-refractivity contribution in [2.45, 2.75) is 77.3 Å². The van der Waals surface area contributed by atoms with E-state index >= 15 is 0 Å². The summed E-state index contributed by atoms with van der Waals surface area (Å²) in [6.45, 7) is 12.7. The van der Waals surface area contributed by atoms with Crippen molar-refractivity contribution in [3.05, 3.63) is 83.7 Å². The van der Waals surface area contributed by atoms with Gasteiger partial charge in [0.25, 0.3) is 0 Å². The molecule has 0 bridgehead atoms. The first-order valence-corrected chi connectivity index (χ1v) is 18.3. The van der Waals surface area contributed by atoms with Gasteiger partial charge >= 0.3 is 6.09 Å². The van der Waals surface area contributed by atoms with E-state index in [1.807, 2.05) is 48.5 Å². The van der Waals surface area contributed by atoms with Crippen LogP contribution in [0.25, 0.3) is 11.1 Å². The number of hydrogen-bond acceptors (Lipinski definition) is 5. The third-order valence-corrected chi connectivity index (χ3v) is 13.2. The zero-order valence-corrected chi connectivity index (χ0v) is 27.8. The molecule has 1 aliphatic rings. The van der Waals surface area contributed by atoms with Gasteiger partial charge in [0, 0.05) is 36.3 Å². The van der Waals surface area contributed by atoms with Crippen LogP contribution in [-0.2, 0) is 27.0 Å². The molecule has 7 nitrogen and oxygen atoms in total. The minimum atomic E-state index is -2.01. The van der Waals surface area contributed by atoms with Gasteiger partial charge < -0.3 is 19.4 Å². The quantitative estimate of drug-likeness (QED) is 0.224. The van der Waals surface area contributed by atoms with Crippen molar-refractivity contribution in [2.24, 2.45) is 0 Å². The number of nitrogens with zero attached hydrogens (tertiary/aromatic N) is 1. The summed E-state index contributed by atoms with van der Waals surface area (Å²) in [6, 6.07) is 20.3. The number of halogens is 1. The monoisotopic (exact) mass is 619 g/mol. The Morgan fingerprint density at radius 1 is 0.977 bits per heavy atom. The Labute approximate surface area is 262 Å². The van der Waals surface area contributed by atoms with Crippen LogP contribution in [0.3, 0.4) is 0 Å². The standard InChI is InChI=1S/C35H46FN3O4Si/c1-35(2,3)44(5,6)42-24-27-14-15-28(23-31(27)36)37-33(40)17-13-25-12-16-32(30(22-25)26-10-8-7-9-11-26)38-34(41)43-29-18-20-39(4)21-19-29/h7-12,14-16,22-23,29H,13,17-21,24H2,1-6H3,(H,37,40)(H,38,41). The molecule has 3 aromatic rings. The van der Waals surface area contributed by atoms with Crippen molar-refractivity contribution >= 4 is 31.7 Å². The maximum atomic E-state index is 14.8. The summed E-state index contributed by atoms with van der Waals surface area (Å²) < 4.78 is 26.7. The molecule has 0 aliphatic carbocycles. The topological polar surface area (TPSA) is 79.9 Å². The van der Waals surface area contributed by atoms with Gasteiger partial charge in [-0.1, -0.05) is 63.2 Å². The van der Waals surface area contributed by atoms with Crippen molar-refractivity contribution in [1.82, 2.24) is 4.90 Å². The second-order valence-corrected chi connectivity index (χ2v) is 18.0. The van der Waals surface area contributed by atoms with Crippen molar-refractivity contribution in [1.29, 1.82) is 0 Å². The van der Waals surface area contributed by atoms with E-state index in [1.165, 1.54) is 6.07 Å². The summed E-state index contributed by atoms with van der Waals surface area (Å²) >= 11 is 0. The van der Waals surface area contributed by atoms with Gasteiger partial charge in [0.05, 0.1) is 12.3 Å². The molecule has 0 radical (unpaired) electrons. The lowest BCUT2D eigenvalue weighted by Gasteiger charge is -2.36. The summed E-state index contributed by atoms with van der Waals surface area (Å²) in [4.78, 5) is 27.8. The largest absolute Gasteiger partial charge is 0.446 e. The summed E-state index contributed by atoms with van der Waals surface area (Å²) in [5.41, 5.74) is 4.28. The Morgan fingerprint density at radius 2 is 1.68 bits per heavy atom. The lowest BCUT2D eigenvalue weighted by molar-refractivity contribution is -0.116. The van der Waals surface area contributed by atoms with Crippen LogP contribution in [0.4, 0.5) is 20.6 Å². The predicted molar refractivity (Wildman–Crippen MR) is 178 cm³/mol. The van der Waals surface area contributed by atoms with Gasteiger partial charge in [0.1, 0.15) is 11.9 Å². The highest BCUT2D eigenvalue weighted by molar-refractivity contribution is 6.74. The van der Waals surface area contributed by atoms with Crippen LogP contribution < -0.4 is 10.6 Å². The van der Waals surface area contributed by atoms with E-state index in [9.17, 15) is 14.0 Å². The molecule has 0 saturated carbocycles. The summed E-state index contributed by atoms with van der Waals surface area (Å²) in [6.07, 6.45) is 1.78. The predicted octanol–water partition coefficient (Wildman–Crippen LogP) is 8.23. The van der Waals surface area contributed by atoms with Gasteiger partial charge in [-0.05, 0) is 79.8 Å². The molecule has 1 aliphatic heterocycles. The Bertz CT molecular complexity index is 1430. The fourth-order valence-corrected chi connectivity index (χ4v) is 5.75. The Morgan fingerprint density at radius 3 is 2.34 bits per heavy atom. The highest BCUT2D eigenvalue weighted by atomic mass is 28.4. The van der Waals surface area contributed by atoms with Crippen molar-refractivity contribution in [3.63, 3.8) is 0 Å². The highest BCUT2D eigenvalue weighted by Gasteiger charge is 2.37.